The molecule has 1 heterocycles. The van der Waals surface area contributed by atoms with Gasteiger partial charge in [-0.2, -0.15) is 0 Å². The van der Waals surface area contributed by atoms with Crippen LogP contribution in [-0.4, -0.2) is 41.9 Å². The number of amides is 2. The van der Waals surface area contributed by atoms with Gasteiger partial charge in [-0.15, -0.1) is 0 Å². The zero-order chi connectivity index (χ0) is 12.2. The number of hydrogen-bond acceptors (Lipinski definition) is 3. The minimum Gasteiger partial charge on any atom is -0.480 e. The first-order valence-electron chi connectivity index (χ1n) is 5.33. The molecule has 1 saturated heterocycles. The zero-order valence-corrected chi connectivity index (χ0v) is 9.58. The van der Waals surface area contributed by atoms with Crippen molar-refractivity contribution in [3.63, 3.8) is 0 Å². The molecule has 2 amide bonds. The zero-order valence-electron chi connectivity index (χ0n) is 9.58. The second kappa shape index (κ2) is 5.16. The smallest absolute Gasteiger partial charge is 0.328 e. The van der Waals surface area contributed by atoms with E-state index in [-0.39, 0.29) is 6.10 Å². The molecule has 0 bridgehead atoms. The summed E-state index contributed by atoms with van der Waals surface area (Å²) in [5, 5.41) is 13.8. The Kier molecular flexibility index (Phi) is 4.12. The first-order valence-corrected chi connectivity index (χ1v) is 5.33. The van der Waals surface area contributed by atoms with Crippen LogP contribution in [0.1, 0.15) is 26.7 Å². The second-order valence-electron chi connectivity index (χ2n) is 4.40. The molecule has 16 heavy (non-hydrogen) atoms. The molecular weight excluding hydrogens is 212 g/mol. The molecule has 1 fully saturated rings. The van der Waals surface area contributed by atoms with E-state index >= 15 is 0 Å². The highest BCUT2D eigenvalue weighted by Gasteiger charge is 2.29. The van der Waals surface area contributed by atoms with Crippen LogP contribution in [0.2, 0.25) is 0 Å². The molecule has 1 atom stereocenters. The standard InChI is InChI=1S/C10H18N2O4/c1-10(2,8(13)14)12-9(15)11-6-7-4-3-5-16-7/h7H,3-6H2,1-2H3,(H,13,14)(H2,11,12,15). The number of carbonyl (C=O) groups excluding carboxylic acids is 1. The van der Waals surface area contributed by atoms with Crippen molar-refractivity contribution in [1.82, 2.24) is 10.6 Å². The molecule has 92 valence electrons. The lowest BCUT2D eigenvalue weighted by Gasteiger charge is -2.21. The summed E-state index contributed by atoms with van der Waals surface area (Å²) < 4.78 is 5.32. The molecule has 6 nitrogen and oxygen atoms in total. The summed E-state index contributed by atoms with van der Waals surface area (Å²) in [4.78, 5) is 22.1. The molecule has 1 aliphatic heterocycles. The Balaban J connectivity index is 2.27. The molecule has 6 heteroatoms. The van der Waals surface area contributed by atoms with Crippen LogP contribution in [0.15, 0.2) is 0 Å². The summed E-state index contributed by atoms with van der Waals surface area (Å²) in [7, 11) is 0. The van der Waals surface area contributed by atoms with Gasteiger partial charge in [-0.05, 0) is 26.7 Å². The van der Waals surface area contributed by atoms with E-state index in [1.807, 2.05) is 0 Å². The maximum Gasteiger partial charge on any atom is 0.328 e. The third-order valence-electron chi connectivity index (χ3n) is 2.47. The fourth-order valence-corrected chi connectivity index (χ4v) is 1.39. The largest absolute Gasteiger partial charge is 0.480 e. The Morgan fingerprint density at radius 3 is 2.69 bits per heavy atom. The summed E-state index contributed by atoms with van der Waals surface area (Å²) >= 11 is 0. The van der Waals surface area contributed by atoms with Crippen molar-refractivity contribution in [3.8, 4) is 0 Å². The van der Waals surface area contributed by atoms with Crippen molar-refractivity contribution in [3.05, 3.63) is 0 Å². The first kappa shape index (κ1) is 12.8. The number of carbonyl (C=O) groups is 2. The number of urea groups is 1. The summed E-state index contributed by atoms with van der Waals surface area (Å²) in [6.07, 6.45) is 2.00. The van der Waals surface area contributed by atoms with Crippen molar-refractivity contribution in [1.29, 1.82) is 0 Å². The minimum absolute atomic E-state index is 0.0543. The summed E-state index contributed by atoms with van der Waals surface area (Å²) in [5.74, 6) is -1.07. The second-order valence-corrected chi connectivity index (χ2v) is 4.40. The van der Waals surface area contributed by atoms with E-state index in [9.17, 15) is 9.59 Å². The van der Waals surface area contributed by atoms with Crippen molar-refractivity contribution in [2.45, 2.75) is 38.3 Å². The summed E-state index contributed by atoms with van der Waals surface area (Å²) in [6.45, 7) is 4.01. The third kappa shape index (κ3) is 3.69. The summed E-state index contributed by atoms with van der Waals surface area (Å²) in [5.41, 5.74) is -1.26. The van der Waals surface area contributed by atoms with Crippen LogP contribution in [0.25, 0.3) is 0 Å². The topological polar surface area (TPSA) is 87.7 Å². The number of hydrogen-bond donors (Lipinski definition) is 3. The Bertz CT molecular complexity index is 272. The minimum atomic E-state index is -1.26. The molecule has 0 aliphatic carbocycles. The van der Waals surface area contributed by atoms with Crippen LogP contribution in [0.5, 0.6) is 0 Å². The SMILES string of the molecule is CC(C)(NC(=O)NCC1CCCO1)C(=O)O. The molecule has 1 unspecified atom stereocenters. The number of aliphatic carboxylic acids is 1. The van der Waals surface area contributed by atoms with Gasteiger partial charge in [0, 0.05) is 13.2 Å². The van der Waals surface area contributed by atoms with Gasteiger partial charge in [0.05, 0.1) is 6.10 Å². The highest BCUT2D eigenvalue weighted by molar-refractivity contribution is 5.85. The van der Waals surface area contributed by atoms with Crippen molar-refractivity contribution >= 4 is 12.0 Å². The monoisotopic (exact) mass is 230 g/mol. The van der Waals surface area contributed by atoms with E-state index in [2.05, 4.69) is 10.6 Å². The molecule has 0 aromatic rings. The van der Waals surface area contributed by atoms with Crippen LogP contribution in [0.3, 0.4) is 0 Å². The van der Waals surface area contributed by atoms with Gasteiger partial charge in [-0.3, -0.25) is 0 Å². The van der Waals surface area contributed by atoms with E-state index in [0.717, 1.165) is 19.4 Å². The van der Waals surface area contributed by atoms with Gasteiger partial charge < -0.3 is 20.5 Å². The molecule has 3 N–H and O–H groups in total. The molecule has 1 rings (SSSR count). The fraction of sp³-hybridized carbons (Fsp3) is 0.800. The fourth-order valence-electron chi connectivity index (χ4n) is 1.39. The maximum atomic E-state index is 11.4. The van der Waals surface area contributed by atoms with E-state index in [1.165, 1.54) is 13.8 Å². The lowest BCUT2D eigenvalue weighted by atomic mass is 10.1. The number of rotatable bonds is 4. The van der Waals surface area contributed by atoms with Gasteiger partial charge in [0.1, 0.15) is 5.54 Å². The van der Waals surface area contributed by atoms with Crippen molar-refractivity contribution in [2.75, 3.05) is 13.2 Å². The van der Waals surface area contributed by atoms with Gasteiger partial charge >= 0.3 is 12.0 Å². The van der Waals surface area contributed by atoms with Crippen LogP contribution >= 0.6 is 0 Å². The normalized spacial score (nSPS) is 20.5. The number of carboxylic acid groups (broad SMARTS) is 1. The Morgan fingerprint density at radius 1 is 1.50 bits per heavy atom. The van der Waals surface area contributed by atoms with Crippen molar-refractivity contribution in [2.24, 2.45) is 0 Å². The number of nitrogens with one attached hydrogen (secondary N) is 2. The Morgan fingerprint density at radius 2 is 2.19 bits per heavy atom. The van der Waals surface area contributed by atoms with Crippen molar-refractivity contribution < 1.29 is 19.4 Å². The van der Waals surface area contributed by atoms with E-state index < -0.39 is 17.5 Å². The molecule has 0 aromatic heterocycles. The molecule has 1 aliphatic rings. The molecular formula is C10H18N2O4. The molecule has 0 saturated carbocycles. The average molecular weight is 230 g/mol. The lowest BCUT2D eigenvalue weighted by molar-refractivity contribution is -0.142. The van der Waals surface area contributed by atoms with Crippen LogP contribution < -0.4 is 10.6 Å². The molecule has 0 radical (unpaired) electrons. The number of carboxylic acids is 1. The third-order valence-corrected chi connectivity index (χ3v) is 2.47. The van der Waals surface area contributed by atoms with Gasteiger partial charge in [0.15, 0.2) is 0 Å². The Labute approximate surface area is 94.3 Å². The maximum absolute atomic E-state index is 11.4. The van der Waals surface area contributed by atoms with E-state index in [1.54, 1.807) is 0 Å². The molecule has 0 aromatic carbocycles. The summed E-state index contributed by atoms with van der Waals surface area (Å²) in [6, 6.07) is -0.483. The van der Waals surface area contributed by atoms with Crippen LogP contribution in [-0.2, 0) is 9.53 Å². The number of ether oxygens (including phenoxy) is 1. The predicted octanol–water partition coefficient (Wildman–Crippen LogP) is 0.328. The molecule has 0 spiro atoms. The van der Waals surface area contributed by atoms with Gasteiger partial charge in [0.25, 0.3) is 0 Å². The highest BCUT2D eigenvalue weighted by atomic mass is 16.5. The van der Waals surface area contributed by atoms with Crippen LogP contribution in [0.4, 0.5) is 4.79 Å². The average Bonchev–Trinajstić information content (AvgIpc) is 2.66. The lowest BCUT2D eigenvalue weighted by Crippen LogP contribution is -2.53. The quantitative estimate of drug-likeness (QED) is 0.649. The first-order chi connectivity index (χ1) is 7.42. The Hall–Kier alpha value is -1.30. The van der Waals surface area contributed by atoms with Gasteiger partial charge in [-0.25, -0.2) is 9.59 Å². The van der Waals surface area contributed by atoms with E-state index in [0.29, 0.717) is 6.54 Å². The van der Waals surface area contributed by atoms with E-state index in [4.69, 9.17) is 9.84 Å². The predicted molar refractivity (Wildman–Crippen MR) is 57.2 cm³/mol. The van der Waals surface area contributed by atoms with Gasteiger partial charge in [0.2, 0.25) is 0 Å². The van der Waals surface area contributed by atoms with Crippen LogP contribution in [0, 0.1) is 0 Å². The van der Waals surface area contributed by atoms with Gasteiger partial charge in [-0.1, -0.05) is 0 Å². The highest BCUT2D eigenvalue weighted by Crippen LogP contribution is 2.10.